The second-order valence-corrected chi connectivity index (χ2v) is 12.7. The second-order valence-electron chi connectivity index (χ2n) is 10.4. The molecule has 1 unspecified atom stereocenters. The number of benzene rings is 3. The molecule has 0 bridgehead atoms. The predicted octanol–water partition coefficient (Wildman–Crippen LogP) is 5.89. The van der Waals surface area contributed by atoms with E-state index in [1.165, 1.54) is 42.2 Å². The minimum absolute atomic E-state index is 0.0868. The Morgan fingerprint density at radius 1 is 0.927 bits per heavy atom. The van der Waals surface area contributed by atoms with Gasteiger partial charge >= 0.3 is 6.18 Å². The standard InChI is InChI=1S/C29H31ClF3N3O4S/c1-20(27(38)34-28(2,3)4)35(18-21-13-15-23(30)16-14-21)26(37)19-36(41(39,40)25-11-6-5-7-12-25)24-10-8-9-22(17-24)29(31,32)33/h5-17,20H,18-19H2,1-4H3,(H,34,38). The summed E-state index contributed by atoms with van der Waals surface area (Å²) in [5.74, 6) is -1.29. The average molecular weight is 610 g/mol. The number of carbonyl (C=O) groups is 2. The molecule has 0 saturated heterocycles. The van der Waals surface area contributed by atoms with Gasteiger partial charge in [-0.05, 0) is 75.7 Å². The van der Waals surface area contributed by atoms with E-state index in [-0.39, 0.29) is 17.1 Å². The van der Waals surface area contributed by atoms with Crippen LogP contribution in [0.3, 0.4) is 0 Å². The summed E-state index contributed by atoms with van der Waals surface area (Å²) in [6.45, 7) is 5.85. The van der Waals surface area contributed by atoms with Crippen LogP contribution in [0.2, 0.25) is 5.02 Å². The highest BCUT2D eigenvalue weighted by molar-refractivity contribution is 7.92. The van der Waals surface area contributed by atoms with Crippen molar-refractivity contribution in [2.75, 3.05) is 10.8 Å². The van der Waals surface area contributed by atoms with Gasteiger partial charge in [-0.1, -0.05) is 48.0 Å². The van der Waals surface area contributed by atoms with Crippen LogP contribution in [0, 0.1) is 0 Å². The lowest BCUT2D eigenvalue weighted by Gasteiger charge is -2.33. The van der Waals surface area contributed by atoms with Crippen molar-refractivity contribution < 1.29 is 31.2 Å². The average Bonchev–Trinajstić information content (AvgIpc) is 2.90. The Hall–Kier alpha value is -3.57. The van der Waals surface area contributed by atoms with Crippen LogP contribution in [-0.4, -0.2) is 43.3 Å². The number of hydrogen-bond acceptors (Lipinski definition) is 4. The molecule has 220 valence electrons. The summed E-state index contributed by atoms with van der Waals surface area (Å²) in [5.41, 5.74) is -1.45. The molecule has 1 atom stereocenters. The molecule has 1 N–H and O–H groups in total. The molecule has 0 aliphatic heterocycles. The third kappa shape index (κ3) is 8.46. The molecule has 2 amide bonds. The number of rotatable bonds is 9. The van der Waals surface area contributed by atoms with Crippen molar-refractivity contribution in [3.8, 4) is 0 Å². The SMILES string of the molecule is CC(C(=O)NC(C)(C)C)N(Cc1ccc(Cl)cc1)C(=O)CN(c1cccc(C(F)(F)F)c1)S(=O)(=O)c1ccccc1. The monoisotopic (exact) mass is 609 g/mol. The van der Waals surface area contributed by atoms with E-state index in [0.29, 0.717) is 21.0 Å². The summed E-state index contributed by atoms with van der Waals surface area (Å²) in [7, 11) is -4.50. The highest BCUT2D eigenvalue weighted by Gasteiger charge is 2.35. The molecule has 0 aromatic heterocycles. The summed E-state index contributed by atoms with van der Waals surface area (Å²) < 4.78 is 68.7. The number of hydrogen-bond donors (Lipinski definition) is 1. The van der Waals surface area contributed by atoms with Crippen molar-refractivity contribution in [2.45, 2.75) is 56.9 Å². The molecular weight excluding hydrogens is 579 g/mol. The van der Waals surface area contributed by atoms with Gasteiger partial charge in [-0.3, -0.25) is 13.9 Å². The zero-order valence-electron chi connectivity index (χ0n) is 22.9. The number of nitrogens with zero attached hydrogens (tertiary/aromatic N) is 2. The van der Waals surface area contributed by atoms with Crippen molar-refractivity contribution >= 4 is 39.1 Å². The molecule has 0 heterocycles. The van der Waals surface area contributed by atoms with Crippen LogP contribution in [0.4, 0.5) is 18.9 Å². The summed E-state index contributed by atoms with van der Waals surface area (Å²) in [6.07, 6.45) is -4.75. The highest BCUT2D eigenvalue weighted by Crippen LogP contribution is 2.33. The van der Waals surface area contributed by atoms with Gasteiger partial charge in [0.1, 0.15) is 12.6 Å². The van der Waals surface area contributed by atoms with Crippen LogP contribution in [0.25, 0.3) is 0 Å². The van der Waals surface area contributed by atoms with Crippen molar-refractivity contribution in [1.82, 2.24) is 10.2 Å². The predicted molar refractivity (Wildman–Crippen MR) is 152 cm³/mol. The Morgan fingerprint density at radius 3 is 2.10 bits per heavy atom. The fourth-order valence-electron chi connectivity index (χ4n) is 3.93. The van der Waals surface area contributed by atoms with Crippen molar-refractivity contribution in [3.63, 3.8) is 0 Å². The molecule has 3 rings (SSSR count). The number of alkyl halides is 3. The van der Waals surface area contributed by atoms with Crippen molar-refractivity contribution in [1.29, 1.82) is 0 Å². The first-order valence-electron chi connectivity index (χ1n) is 12.6. The summed E-state index contributed by atoms with van der Waals surface area (Å²) >= 11 is 5.99. The molecule has 0 spiro atoms. The van der Waals surface area contributed by atoms with Crippen molar-refractivity contribution in [3.05, 3.63) is 95.0 Å². The van der Waals surface area contributed by atoms with Gasteiger partial charge in [-0.15, -0.1) is 0 Å². The van der Waals surface area contributed by atoms with Crippen LogP contribution in [-0.2, 0) is 32.3 Å². The summed E-state index contributed by atoms with van der Waals surface area (Å²) in [5, 5.41) is 3.26. The van der Waals surface area contributed by atoms with Crippen molar-refractivity contribution in [2.24, 2.45) is 0 Å². The molecule has 3 aromatic rings. The lowest BCUT2D eigenvalue weighted by molar-refractivity contribution is -0.140. The van der Waals surface area contributed by atoms with Crippen LogP contribution in [0.1, 0.15) is 38.8 Å². The van der Waals surface area contributed by atoms with Gasteiger partial charge in [-0.25, -0.2) is 8.42 Å². The molecule has 0 aliphatic carbocycles. The minimum atomic E-state index is -4.75. The Balaban J connectivity index is 2.08. The normalized spacial score (nSPS) is 12.9. The van der Waals surface area contributed by atoms with E-state index in [1.54, 1.807) is 51.1 Å². The van der Waals surface area contributed by atoms with Gasteiger partial charge in [-0.2, -0.15) is 13.2 Å². The quantitative estimate of drug-likeness (QED) is 0.328. The number of amides is 2. The molecular formula is C29H31ClF3N3O4S. The van der Waals surface area contributed by atoms with Gasteiger partial charge in [0.05, 0.1) is 16.1 Å². The maximum absolute atomic E-state index is 13.9. The lowest BCUT2D eigenvalue weighted by Crippen LogP contribution is -2.54. The minimum Gasteiger partial charge on any atom is -0.350 e. The summed E-state index contributed by atoms with van der Waals surface area (Å²) in [6, 6.07) is 16.3. The van der Waals surface area contributed by atoms with E-state index < -0.39 is 51.7 Å². The zero-order chi connectivity index (χ0) is 30.6. The third-order valence-electron chi connectivity index (χ3n) is 6.00. The second kappa shape index (κ2) is 12.5. The summed E-state index contributed by atoms with van der Waals surface area (Å²) in [4.78, 5) is 27.9. The van der Waals surface area contributed by atoms with Gasteiger partial charge in [0, 0.05) is 17.1 Å². The molecule has 7 nitrogen and oxygen atoms in total. The Kier molecular flexibility index (Phi) is 9.76. The maximum Gasteiger partial charge on any atom is 0.416 e. The number of anilines is 1. The Morgan fingerprint density at radius 2 is 1.54 bits per heavy atom. The third-order valence-corrected chi connectivity index (χ3v) is 8.04. The molecule has 12 heteroatoms. The molecule has 0 saturated carbocycles. The fraction of sp³-hybridized carbons (Fsp3) is 0.310. The van der Waals surface area contributed by atoms with Gasteiger partial charge in [0.25, 0.3) is 10.0 Å². The zero-order valence-corrected chi connectivity index (χ0v) is 24.5. The number of halogens is 4. The largest absolute Gasteiger partial charge is 0.416 e. The fourth-order valence-corrected chi connectivity index (χ4v) is 5.48. The lowest BCUT2D eigenvalue weighted by atomic mass is 10.1. The Labute approximate surface area is 243 Å². The van der Waals surface area contributed by atoms with Crippen LogP contribution >= 0.6 is 11.6 Å². The molecule has 0 fully saturated rings. The van der Waals surface area contributed by atoms with Crippen LogP contribution < -0.4 is 9.62 Å². The van der Waals surface area contributed by atoms with Crippen LogP contribution in [0.15, 0.2) is 83.8 Å². The van der Waals surface area contributed by atoms with E-state index >= 15 is 0 Å². The molecule has 0 aliphatic rings. The molecule has 41 heavy (non-hydrogen) atoms. The smallest absolute Gasteiger partial charge is 0.350 e. The van der Waals surface area contributed by atoms with E-state index in [9.17, 15) is 31.2 Å². The van der Waals surface area contributed by atoms with E-state index in [0.717, 1.165) is 12.1 Å². The number of nitrogens with one attached hydrogen (secondary N) is 1. The maximum atomic E-state index is 13.9. The first-order valence-corrected chi connectivity index (χ1v) is 14.4. The topological polar surface area (TPSA) is 86.8 Å². The van der Waals surface area contributed by atoms with Crippen LogP contribution in [0.5, 0.6) is 0 Å². The first-order chi connectivity index (χ1) is 19.0. The van der Waals surface area contributed by atoms with Gasteiger partial charge in [0.2, 0.25) is 11.8 Å². The first kappa shape index (κ1) is 32.0. The van der Waals surface area contributed by atoms with E-state index in [4.69, 9.17) is 11.6 Å². The number of carbonyl (C=O) groups excluding carboxylic acids is 2. The van der Waals surface area contributed by atoms with E-state index in [1.807, 2.05) is 0 Å². The number of sulfonamides is 1. The Bertz CT molecular complexity index is 1480. The van der Waals surface area contributed by atoms with Gasteiger partial charge in [0.15, 0.2) is 0 Å². The van der Waals surface area contributed by atoms with E-state index in [2.05, 4.69) is 5.32 Å². The van der Waals surface area contributed by atoms with Gasteiger partial charge < -0.3 is 10.2 Å². The highest BCUT2D eigenvalue weighted by atomic mass is 35.5. The molecule has 0 radical (unpaired) electrons. The molecule has 3 aromatic carbocycles.